The summed E-state index contributed by atoms with van der Waals surface area (Å²) in [5.41, 5.74) is 4.79. The number of nitriles is 1. The molecule has 1 N–H and O–H groups in total. The number of thioether (sulfide) groups is 1. The topological polar surface area (TPSA) is 75.6 Å². The standard InChI is InChI=1S/C23H33N5OS/c1-14(2)12-27-18(6)16(4)25-23(27)30-13-21(29)26-22-20(11-24)15(3)17(5)28(22)19-9-7-8-10-19/h14,19H,7-10,12-13H2,1-6H3,(H,26,29). The zero-order chi connectivity index (χ0) is 22.0. The van der Waals surface area contributed by atoms with Gasteiger partial charge < -0.3 is 14.5 Å². The summed E-state index contributed by atoms with van der Waals surface area (Å²) in [6, 6.07) is 2.68. The number of carbonyl (C=O) groups is 1. The van der Waals surface area contributed by atoms with E-state index in [0.29, 0.717) is 23.3 Å². The Kier molecular flexibility index (Phi) is 6.97. The van der Waals surface area contributed by atoms with Crippen LogP contribution < -0.4 is 5.32 Å². The van der Waals surface area contributed by atoms with Crippen LogP contribution in [0.25, 0.3) is 0 Å². The lowest BCUT2D eigenvalue weighted by Gasteiger charge is -2.19. The zero-order valence-electron chi connectivity index (χ0n) is 19.0. The van der Waals surface area contributed by atoms with E-state index in [1.807, 2.05) is 20.8 Å². The third-order valence-corrected chi connectivity index (χ3v) is 7.10. The van der Waals surface area contributed by atoms with Gasteiger partial charge in [0.25, 0.3) is 0 Å². The van der Waals surface area contributed by atoms with Gasteiger partial charge in [-0.3, -0.25) is 4.79 Å². The Morgan fingerprint density at radius 1 is 1.23 bits per heavy atom. The van der Waals surface area contributed by atoms with Gasteiger partial charge in [-0.25, -0.2) is 4.98 Å². The summed E-state index contributed by atoms with van der Waals surface area (Å²) in [6.07, 6.45) is 4.60. The number of nitrogens with one attached hydrogen (secondary N) is 1. The summed E-state index contributed by atoms with van der Waals surface area (Å²) in [5.74, 6) is 1.35. The highest BCUT2D eigenvalue weighted by Crippen LogP contribution is 2.37. The Bertz CT molecular complexity index is 973. The van der Waals surface area contributed by atoms with E-state index >= 15 is 0 Å². The largest absolute Gasteiger partial charge is 0.327 e. The number of rotatable bonds is 7. The average molecular weight is 428 g/mol. The van der Waals surface area contributed by atoms with E-state index in [9.17, 15) is 10.1 Å². The second-order valence-electron chi connectivity index (χ2n) is 8.76. The quantitative estimate of drug-likeness (QED) is 0.609. The molecular weight excluding hydrogens is 394 g/mol. The lowest BCUT2D eigenvalue weighted by atomic mass is 10.2. The van der Waals surface area contributed by atoms with Crippen molar-refractivity contribution in [2.24, 2.45) is 5.92 Å². The summed E-state index contributed by atoms with van der Waals surface area (Å²) in [6.45, 7) is 13.4. The minimum absolute atomic E-state index is 0.0948. The Labute approximate surface area is 184 Å². The first-order valence-electron chi connectivity index (χ1n) is 10.8. The molecule has 7 heteroatoms. The molecule has 1 fully saturated rings. The summed E-state index contributed by atoms with van der Waals surface area (Å²) >= 11 is 1.46. The molecule has 0 bridgehead atoms. The van der Waals surface area contributed by atoms with E-state index in [1.165, 1.54) is 24.6 Å². The van der Waals surface area contributed by atoms with E-state index in [2.05, 4.69) is 46.3 Å². The van der Waals surface area contributed by atoms with E-state index in [4.69, 9.17) is 0 Å². The van der Waals surface area contributed by atoms with Gasteiger partial charge in [0.2, 0.25) is 5.91 Å². The van der Waals surface area contributed by atoms with Crippen LogP contribution in [0, 0.1) is 44.9 Å². The van der Waals surface area contributed by atoms with E-state index in [0.717, 1.165) is 47.2 Å². The maximum absolute atomic E-state index is 12.9. The third kappa shape index (κ3) is 4.44. The van der Waals surface area contributed by atoms with Gasteiger partial charge in [-0.2, -0.15) is 5.26 Å². The summed E-state index contributed by atoms with van der Waals surface area (Å²) < 4.78 is 4.39. The number of amides is 1. The Morgan fingerprint density at radius 3 is 2.50 bits per heavy atom. The van der Waals surface area contributed by atoms with Crippen molar-refractivity contribution in [3.05, 3.63) is 28.2 Å². The van der Waals surface area contributed by atoms with Crippen LogP contribution in [-0.4, -0.2) is 25.8 Å². The van der Waals surface area contributed by atoms with E-state index in [-0.39, 0.29) is 11.7 Å². The monoisotopic (exact) mass is 427 g/mol. The number of hydrogen-bond donors (Lipinski definition) is 1. The first-order chi connectivity index (χ1) is 14.2. The minimum Gasteiger partial charge on any atom is -0.327 e. The molecule has 0 aromatic carbocycles. The van der Waals surface area contributed by atoms with Crippen molar-refractivity contribution in [1.82, 2.24) is 14.1 Å². The highest BCUT2D eigenvalue weighted by Gasteiger charge is 2.27. The zero-order valence-corrected chi connectivity index (χ0v) is 19.8. The predicted octanol–water partition coefficient (Wildman–Crippen LogP) is 5.29. The van der Waals surface area contributed by atoms with Crippen LogP contribution in [-0.2, 0) is 11.3 Å². The minimum atomic E-state index is -0.0948. The lowest BCUT2D eigenvalue weighted by Crippen LogP contribution is -2.20. The molecule has 30 heavy (non-hydrogen) atoms. The highest BCUT2D eigenvalue weighted by molar-refractivity contribution is 7.99. The van der Waals surface area contributed by atoms with Crippen LogP contribution in [0.4, 0.5) is 5.82 Å². The Hall–Kier alpha value is -2.20. The van der Waals surface area contributed by atoms with Crippen LogP contribution in [0.3, 0.4) is 0 Å². The van der Waals surface area contributed by atoms with E-state index in [1.54, 1.807) is 0 Å². The molecule has 0 saturated heterocycles. The maximum atomic E-state index is 12.9. The first kappa shape index (κ1) is 22.5. The summed E-state index contributed by atoms with van der Waals surface area (Å²) in [7, 11) is 0. The maximum Gasteiger partial charge on any atom is 0.235 e. The van der Waals surface area contributed by atoms with Gasteiger partial charge >= 0.3 is 0 Å². The fourth-order valence-corrected chi connectivity index (χ4v) is 5.22. The highest BCUT2D eigenvalue weighted by atomic mass is 32.2. The van der Waals surface area contributed by atoms with Gasteiger partial charge in [0.05, 0.1) is 17.0 Å². The third-order valence-electron chi connectivity index (χ3n) is 6.12. The molecule has 1 amide bonds. The molecule has 2 aromatic rings. The molecule has 1 aliphatic carbocycles. The fourth-order valence-electron chi connectivity index (χ4n) is 4.32. The van der Waals surface area contributed by atoms with Crippen LogP contribution in [0.2, 0.25) is 0 Å². The second kappa shape index (κ2) is 9.30. The molecule has 2 heterocycles. The second-order valence-corrected chi connectivity index (χ2v) is 9.70. The molecule has 162 valence electrons. The van der Waals surface area contributed by atoms with Gasteiger partial charge in [-0.15, -0.1) is 0 Å². The molecule has 2 aromatic heterocycles. The molecule has 6 nitrogen and oxygen atoms in total. The van der Waals surface area contributed by atoms with Crippen LogP contribution >= 0.6 is 11.8 Å². The normalized spacial score (nSPS) is 14.5. The Morgan fingerprint density at radius 2 is 1.90 bits per heavy atom. The smallest absolute Gasteiger partial charge is 0.235 e. The summed E-state index contributed by atoms with van der Waals surface area (Å²) in [5, 5.41) is 13.7. The number of aryl methyl sites for hydroxylation is 1. The predicted molar refractivity (Wildman–Crippen MR) is 122 cm³/mol. The molecule has 1 aliphatic rings. The van der Waals surface area contributed by atoms with Crippen molar-refractivity contribution in [2.75, 3.05) is 11.1 Å². The summed E-state index contributed by atoms with van der Waals surface area (Å²) in [4.78, 5) is 17.5. The molecule has 0 unspecified atom stereocenters. The molecular formula is C23H33N5OS. The Balaban J connectivity index is 1.79. The van der Waals surface area contributed by atoms with Crippen molar-refractivity contribution in [2.45, 2.75) is 85.0 Å². The van der Waals surface area contributed by atoms with Crippen LogP contribution in [0.15, 0.2) is 5.16 Å². The average Bonchev–Trinajstić information content (AvgIpc) is 3.36. The number of imidazole rings is 1. The molecule has 0 atom stereocenters. The van der Waals surface area contributed by atoms with Gasteiger partial charge in [-0.1, -0.05) is 38.5 Å². The fraction of sp³-hybridized carbons (Fsp3) is 0.609. The van der Waals surface area contributed by atoms with E-state index < -0.39 is 0 Å². The van der Waals surface area contributed by atoms with Crippen molar-refractivity contribution in [1.29, 1.82) is 5.26 Å². The van der Waals surface area contributed by atoms with Gasteiger partial charge in [0.1, 0.15) is 11.9 Å². The number of nitrogens with zero attached hydrogens (tertiary/aromatic N) is 4. The molecule has 0 aliphatic heterocycles. The van der Waals surface area contributed by atoms with Crippen molar-refractivity contribution < 1.29 is 4.79 Å². The van der Waals surface area contributed by atoms with Gasteiger partial charge in [0, 0.05) is 24.0 Å². The van der Waals surface area contributed by atoms with Crippen molar-refractivity contribution >= 4 is 23.5 Å². The molecule has 1 saturated carbocycles. The molecule has 3 rings (SSSR count). The lowest BCUT2D eigenvalue weighted by molar-refractivity contribution is -0.113. The van der Waals surface area contributed by atoms with Crippen molar-refractivity contribution in [3.8, 4) is 6.07 Å². The van der Waals surface area contributed by atoms with Gasteiger partial charge in [0.15, 0.2) is 5.16 Å². The molecule has 0 radical (unpaired) electrons. The number of anilines is 1. The van der Waals surface area contributed by atoms with Crippen LogP contribution in [0.5, 0.6) is 0 Å². The number of hydrogen-bond acceptors (Lipinski definition) is 4. The number of carbonyl (C=O) groups excluding carboxylic acids is 1. The SMILES string of the molecule is Cc1nc(SCC(=O)Nc2c(C#N)c(C)c(C)n2C2CCCC2)n(CC(C)C)c1C. The van der Waals surface area contributed by atoms with Crippen molar-refractivity contribution in [3.63, 3.8) is 0 Å². The van der Waals surface area contributed by atoms with Gasteiger partial charge in [-0.05, 0) is 52.0 Å². The molecule has 0 spiro atoms. The first-order valence-corrected chi connectivity index (χ1v) is 11.8. The number of aromatic nitrogens is 3. The van der Waals surface area contributed by atoms with Crippen LogP contribution in [0.1, 0.15) is 73.8 Å².